The van der Waals surface area contributed by atoms with Gasteiger partial charge in [0.25, 0.3) is 5.91 Å². The molecule has 0 aliphatic heterocycles. The van der Waals surface area contributed by atoms with Crippen LogP contribution in [0.25, 0.3) is 0 Å². The monoisotopic (exact) mass is 250 g/mol. The molecule has 0 heterocycles. The van der Waals surface area contributed by atoms with E-state index in [1.54, 1.807) is 0 Å². The Labute approximate surface area is 109 Å². The van der Waals surface area contributed by atoms with Crippen LogP contribution in [0.15, 0.2) is 24.3 Å². The highest BCUT2D eigenvalue weighted by atomic mass is 16.5. The first-order chi connectivity index (χ1) is 8.63. The molecule has 0 spiro atoms. The standard InChI is InChI=1S/C14H22N2O2/c1-4-15-9-12-7-5-6-8-13(12)18-10-14(17)16-11(2)3/h5-8,11,15H,4,9-10H2,1-3H3,(H,16,17). The van der Waals surface area contributed by atoms with E-state index in [2.05, 4.69) is 17.6 Å². The van der Waals surface area contributed by atoms with Crippen LogP contribution in [0.5, 0.6) is 5.75 Å². The van der Waals surface area contributed by atoms with Crippen LogP contribution in [-0.2, 0) is 11.3 Å². The largest absolute Gasteiger partial charge is 0.483 e. The van der Waals surface area contributed by atoms with Gasteiger partial charge in [-0.2, -0.15) is 0 Å². The summed E-state index contributed by atoms with van der Waals surface area (Å²) in [6.45, 7) is 7.62. The summed E-state index contributed by atoms with van der Waals surface area (Å²) in [7, 11) is 0. The van der Waals surface area contributed by atoms with E-state index in [9.17, 15) is 4.79 Å². The van der Waals surface area contributed by atoms with Gasteiger partial charge in [0.05, 0.1) is 0 Å². The normalized spacial score (nSPS) is 10.4. The fourth-order valence-electron chi connectivity index (χ4n) is 1.56. The lowest BCUT2D eigenvalue weighted by Gasteiger charge is -2.12. The molecule has 1 aromatic carbocycles. The lowest BCUT2D eigenvalue weighted by Crippen LogP contribution is -2.34. The Morgan fingerprint density at radius 1 is 1.33 bits per heavy atom. The molecule has 0 saturated heterocycles. The van der Waals surface area contributed by atoms with Crippen LogP contribution in [0.4, 0.5) is 0 Å². The third-order valence-corrected chi connectivity index (χ3v) is 2.35. The highest BCUT2D eigenvalue weighted by Gasteiger charge is 2.07. The van der Waals surface area contributed by atoms with Gasteiger partial charge in [0.2, 0.25) is 0 Å². The van der Waals surface area contributed by atoms with E-state index in [0.717, 1.165) is 24.4 Å². The van der Waals surface area contributed by atoms with Crippen molar-refractivity contribution in [3.8, 4) is 5.75 Å². The Bertz CT molecular complexity index is 378. The second-order valence-corrected chi connectivity index (χ2v) is 4.40. The summed E-state index contributed by atoms with van der Waals surface area (Å²) in [5.74, 6) is 0.667. The Kier molecular flexibility index (Phi) is 6.22. The van der Waals surface area contributed by atoms with Crippen LogP contribution in [-0.4, -0.2) is 25.1 Å². The molecule has 4 heteroatoms. The first-order valence-corrected chi connectivity index (χ1v) is 6.34. The molecule has 0 aliphatic carbocycles. The molecule has 100 valence electrons. The summed E-state index contributed by atoms with van der Waals surface area (Å²) < 4.78 is 5.54. The number of ether oxygens (including phenoxy) is 1. The zero-order valence-corrected chi connectivity index (χ0v) is 11.3. The molecule has 0 atom stereocenters. The highest BCUT2D eigenvalue weighted by molar-refractivity contribution is 5.77. The molecule has 1 aromatic rings. The summed E-state index contributed by atoms with van der Waals surface area (Å²) in [4.78, 5) is 11.5. The predicted molar refractivity (Wildman–Crippen MR) is 72.6 cm³/mol. The quantitative estimate of drug-likeness (QED) is 0.774. The fourth-order valence-corrected chi connectivity index (χ4v) is 1.56. The molecule has 1 rings (SSSR count). The van der Waals surface area contributed by atoms with Crippen LogP contribution in [0.2, 0.25) is 0 Å². The predicted octanol–water partition coefficient (Wildman–Crippen LogP) is 1.70. The minimum absolute atomic E-state index is 0.0569. The maximum atomic E-state index is 11.5. The van der Waals surface area contributed by atoms with Gasteiger partial charge in [0, 0.05) is 18.2 Å². The van der Waals surface area contributed by atoms with Gasteiger partial charge in [-0.3, -0.25) is 4.79 Å². The second kappa shape index (κ2) is 7.71. The highest BCUT2D eigenvalue weighted by Crippen LogP contribution is 2.17. The summed E-state index contributed by atoms with van der Waals surface area (Å²) >= 11 is 0. The van der Waals surface area contributed by atoms with Gasteiger partial charge in [-0.1, -0.05) is 25.1 Å². The van der Waals surface area contributed by atoms with E-state index in [1.165, 1.54) is 0 Å². The third-order valence-electron chi connectivity index (χ3n) is 2.35. The molecule has 0 unspecified atom stereocenters. The van der Waals surface area contributed by atoms with E-state index in [1.807, 2.05) is 38.1 Å². The number of hydrogen-bond acceptors (Lipinski definition) is 3. The van der Waals surface area contributed by atoms with Gasteiger partial charge in [-0.25, -0.2) is 0 Å². The molecule has 0 radical (unpaired) electrons. The minimum Gasteiger partial charge on any atom is -0.483 e. The maximum absolute atomic E-state index is 11.5. The molecule has 2 N–H and O–H groups in total. The van der Waals surface area contributed by atoms with Crippen LogP contribution >= 0.6 is 0 Å². The van der Waals surface area contributed by atoms with Crippen molar-refractivity contribution >= 4 is 5.91 Å². The summed E-state index contributed by atoms with van der Waals surface area (Å²) in [5.41, 5.74) is 1.07. The molecule has 0 aromatic heterocycles. The molecule has 4 nitrogen and oxygen atoms in total. The number of hydrogen-bond donors (Lipinski definition) is 2. The lowest BCUT2D eigenvalue weighted by molar-refractivity contribution is -0.123. The van der Waals surface area contributed by atoms with Crippen molar-refractivity contribution in [3.63, 3.8) is 0 Å². The molecular weight excluding hydrogens is 228 g/mol. The van der Waals surface area contributed by atoms with Crippen molar-refractivity contribution in [1.29, 1.82) is 0 Å². The Hall–Kier alpha value is -1.55. The summed E-state index contributed by atoms with van der Waals surface area (Å²) in [5, 5.41) is 6.04. The Morgan fingerprint density at radius 2 is 2.06 bits per heavy atom. The Balaban J connectivity index is 2.53. The van der Waals surface area contributed by atoms with E-state index in [4.69, 9.17) is 4.74 Å². The zero-order valence-electron chi connectivity index (χ0n) is 11.3. The summed E-state index contributed by atoms with van der Waals surface area (Å²) in [6.07, 6.45) is 0. The third kappa shape index (κ3) is 5.19. The SMILES string of the molecule is CCNCc1ccccc1OCC(=O)NC(C)C. The van der Waals surface area contributed by atoms with Gasteiger partial charge < -0.3 is 15.4 Å². The number of para-hydroxylation sites is 1. The average molecular weight is 250 g/mol. The number of rotatable bonds is 7. The minimum atomic E-state index is -0.0942. The van der Waals surface area contributed by atoms with Crippen LogP contribution in [0, 0.1) is 0 Å². The second-order valence-electron chi connectivity index (χ2n) is 4.40. The molecule has 0 saturated carbocycles. The number of carbonyl (C=O) groups excluding carboxylic acids is 1. The Morgan fingerprint density at radius 3 is 2.72 bits per heavy atom. The molecule has 18 heavy (non-hydrogen) atoms. The number of amides is 1. The van der Waals surface area contributed by atoms with Crippen LogP contribution in [0.1, 0.15) is 26.3 Å². The van der Waals surface area contributed by atoms with Crippen LogP contribution < -0.4 is 15.4 Å². The van der Waals surface area contributed by atoms with Gasteiger partial charge >= 0.3 is 0 Å². The number of benzene rings is 1. The molecule has 0 fully saturated rings. The van der Waals surface area contributed by atoms with E-state index >= 15 is 0 Å². The van der Waals surface area contributed by atoms with E-state index in [-0.39, 0.29) is 18.6 Å². The van der Waals surface area contributed by atoms with Crippen molar-refractivity contribution in [2.24, 2.45) is 0 Å². The van der Waals surface area contributed by atoms with Gasteiger partial charge in [-0.15, -0.1) is 0 Å². The van der Waals surface area contributed by atoms with Crippen molar-refractivity contribution in [2.75, 3.05) is 13.2 Å². The average Bonchev–Trinajstić information content (AvgIpc) is 2.34. The molecular formula is C14H22N2O2. The van der Waals surface area contributed by atoms with E-state index < -0.39 is 0 Å². The van der Waals surface area contributed by atoms with Gasteiger partial charge in [-0.05, 0) is 26.5 Å². The van der Waals surface area contributed by atoms with Crippen molar-refractivity contribution in [3.05, 3.63) is 29.8 Å². The maximum Gasteiger partial charge on any atom is 0.258 e. The van der Waals surface area contributed by atoms with Crippen LogP contribution in [0.3, 0.4) is 0 Å². The van der Waals surface area contributed by atoms with Crippen molar-refractivity contribution < 1.29 is 9.53 Å². The smallest absolute Gasteiger partial charge is 0.258 e. The zero-order chi connectivity index (χ0) is 13.4. The fraction of sp³-hybridized carbons (Fsp3) is 0.500. The summed E-state index contributed by atoms with van der Waals surface area (Å²) in [6, 6.07) is 7.89. The van der Waals surface area contributed by atoms with Crippen molar-refractivity contribution in [1.82, 2.24) is 10.6 Å². The molecule has 0 bridgehead atoms. The first-order valence-electron chi connectivity index (χ1n) is 6.34. The lowest BCUT2D eigenvalue weighted by atomic mass is 10.2. The van der Waals surface area contributed by atoms with Gasteiger partial charge in [0.15, 0.2) is 6.61 Å². The molecule has 1 amide bonds. The first kappa shape index (κ1) is 14.5. The van der Waals surface area contributed by atoms with Crippen molar-refractivity contribution in [2.45, 2.75) is 33.4 Å². The van der Waals surface area contributed by atoms with Gasteiger partial charge in [0.1, 0.15) is 5.75 Å². The number of nitrogens with one attached hydrogen (secondary N) is 2. The topological polar surface area (TPSA) is 50.4 Å². The molecule has 0 aliphatic rings. The van der Waals surface area contributed by atoms with E-state index in [0.29, 0.717) is 0 Å². The number of carbonyl (C=O) groups is 1.